The topological polar surface area (TPSA) is 20.3 Å². The van der Waals surface area contributed by atoms with Crippen molar-refractivity contribution in [1.29, 1.82) is 0 Å². The van der Waals surface area contributed by atoms with Crippen LogP contribution in [0.5, 0.6) is 0 Å². The predicted octanol–water partition coefficient (Wildman–Crippen LogP) is 2.58. The first-order chi connectivity index (χ1) is 7.15. The molecule has 0 spiro atoms. The largest absolute Gasteiger partial charge is 0.344 e. The van der Waals surface area contributed by atoms with E-state index in [1.165, 1.54) is 0 Å². The fourth-order valence-electron chi connectivity index (χ4n) is 1.19. The van der Waals surface area contributed by atoms with Crippen LogP contribution in [0.25, 0.3) is 0 Å². The monoisotopic (exact) mass is 245 g/mol. The zero-order valence-electron chi connectivity index (χ0n) is 8.54. The molecule has 0 unspecified atom stereocenters. The molecule has 0 heterocycles. The van der Waals surface area contributed by atoms with Gasteiger partial charge in [-0.15, -0.1) is 11.6 Å². The SMILES string of the molecule is CN(CCCl)C(=O)Cc1ccccc1Cl. The van der Waals surface area contributed by atoms with Crippen molar-refractivity contribution in [2.24, 2.45) is 0 Å². The summed E-state index contributed by atoms with van der Waals surface area (Å²) in [6.07, 6.45) is 0.326. The molecule has 15 heavy (non-hydrogen) atoms. The third-order valence-electron chi connectivity index (χ3n) is 2.15. The Morgan fingerprint density at radius 3 is 2.67 bits per heavy atom. The van der Waals surface area contributed by atoms with Gasteiger partial charge in [0.15, 0.2) is 0 Å². The Balaban J connectivity index is 2.62. The van der Waals surface area contributed by atoms with Crippen LogP contribution >= 0.6 is 23.2 Å². The van der Waals surface area contributed by atoms with Crippen molar-refractivity contribution < 1.29 is 4.79 Å². The van der Waals surface area contributed by atoms with Crippen LogP contribution in [0.4, 0.5) is 0 Å². The molecule has 0 atom stereocenters. The maximum absolute atomic E-state index is 11.7. The number of amides is 1. The second kappa shape index (κ2) is 5.99. The number of benzene rings is 1. The fraction of sp³-hybridized carbons (Fsp3) is 0.364. The lowest BCUT2D eigenvalue weighted by molar-refractivity contribution is -0.128. The summed E-state index contributed by atoms with van der Waals surface area (Å²) in [5, 5.41) is 0.630. The van der Waals surface area contributed by atoms with E-state index in [9.17, 15) is 4.79 Å². The number of halogens is 2. The number of nitrogens with zero attached hydrogens (tertiary/aromatic N) is 1. The van der Waals surface area contributed by atoms with E-state index in [0.717, 1.165) is 5.56 Å². The highest BCUT2D eigenvalue weighted by molar-refractivity contribution is 6.31. The van der Waals surface area contributed by atoms with Gasteiger partial charge in [-0.1, -0.05) is 29.8 Å². The number of alkyl halides is 1. The van der Waals surface area contributed by atoms with E-state index in [2.05, 4.69) is 0 Å². The maximum atomic E-state index is 11.7. The van der Waals surface area contributed by atoms with Crippen LogP contribution in [-0.2, 0) is 11.2 Å². The number of carbonyl (C=O) groups is 1. The molecular formula is C11H13Cl2NO. The van der Waals surface area contributed by atoms with Gasteiger partial charge in [-0.25, -0.2) is 0 Å². The van der Waals surface area contributed by atoms with E-state index < -0.39 is 0 Å². The average molecular weight is 246 g/mol. The molecule has 0 fully saturated rings. The van der Waals surface area contributed by atoms with Gasteiger partial charge in [-0.2, -0.15) is 0 Å². The number of likely N-dealkylation sites (N-methyl/N-ethyl adjacent to an activating group) is 1. The molecule has 2 nitrogen and oxygen atoms in total. The van der Waals surface area contributed by atoms with E-state index >= 15 is 0 Å². The van der Waals surface area contributed by atoms with Gasteiger partial charge >= 0.3 is 0 Å². The molecule has 0 saturated heterocycles. The molecule has 82 valence electrons. The van der Waals surface area contributed by atoms with Crippen LogP contribution in [0.2, 0.25) is 5.02 Å². The molecule has 1 rings (SSSR count). The zero-order valence-corrected chi connectivity index (χ0v) is 10.1. The normalized spacial score (nSPS) is 10.1. The van der Waals surface area contributed by atoms with Crippen molar-refractivity contribution in [1.82, 2.24) is 4.90 Å². The number of carbonyl (C=O) groups excluding carboxylic acids is 1. The molecule has 0 bridgehead atoms. The van der Waals surface area contributed by atoms with E-state index in [0.29, 0.717) is 23.9 Å². The van der Waals surface area contributed by atoms with E-state index in [1.54, 1.807) is 18.0 Å². The van der Waals surface area contributed by atoms with Gasteiger partial charge in [-0.05, 0) is 11.6 Å². The first-order valence-electron chi connectivity index (χ1n) is 4.68. The van der Waals surface area contributed by atoms with Crippen LogP contribution in [-0.4, -0.2) is 30.3 Å². The fourth-order valence-corrected chi connectivity index (χ4v) is 1.65. The Kier molecular flexibility index (Phi) is 4.92. The molecule has 1 aromatic rings. The first-order valence-corrected chi connectivity index (χ1v) is 5.59. The summed E-state index contributed by atoms with van der Waals surface area (Å²) in [4.78, 5) is 13.3. The van der Waals surface area contributed by atoms with Gasteiger partial charge in [0.05, 0.1) is 6.42 Å². The lowest BCUT2D eigenvalue weighted by Gasteiger charge is -2.15. The third kappa shape index (κ3) is 3.73. The van der Waals surface area contributed by atoms with Gasteiger partial charge in [0.25, 0.3) is 0 Å². The van der Waals surface area contributed by atoms with Gasteiger partial charge in [0, 0.05) is 24.5 Å². The molecule has 0 aliphatic heterocycles. The second-order valence-electron chi connectivity index (χ2n) is 3.27. The summed E-state index contributed by atoms with van der Waals surface area (Å²) < 4.78 is 0. The highest BCUT2D eigenvalue weighted by atomic mass is 35.5. The lowest BCUT2D eigenvalue weighted by atomic mass is 10.1. The molecule has 1 aromatic carbocycles. The summed E-state index contributed by atoms with van der Waals surface area (Å²) in [6.45, 7) is 0.560. The highest BCUT2D eigenvalue weighted by Gasteiger charge is 2.10. The second-order valence-corrected chi connectivity index (χ2v) is 4.06. The van der Waals surface area contributed by atoms with Gasteiger partial charge < -0.3 is 4.90 Å². The van der Waals surface area contributed by atoms with E-state index in [1.807, 2.05) is 18.2 Å². The number of hydrogen-bond acceptors (Lipinski definition) is 1. The van der Waals surface area contributed by atoms with Crippen molar-refractivity contribution in [3.63, 3.8) is 0 Å². The maximum Gasteiger partial charge on any atom is 0.226 e. The van der Waals surface area contributed by atoms with E-state index in [4.69, 9.17) is 23.2 Å². The average Bonchev–Trinajstić information content (AvgIpc) is 2.21. The predicted molar refractivity (Wildman–Crippen MR) is 63.5 cm³/mol. The lowest BCUT2D eigenvalue weighted by Crippen LogP contribution is -2.29. The Morgan fingerprint density at radius 1 is 1.40 bits per heavy atom. The Bertz CT molecular complexity index is 341. The molecule has 4 heteroatoms. The standard InChI is InChI=1S/C11H13Cl2NO/c1-14(7-6-12)11(15)8-9-4-2-3-5-10(9)13/h2-5H,6-8H2,1H3. The van der Waals surface area contributed by atoms with Crippen LogP contribution in [0.3, 0.4) is 0 Å². The summed E-state index contributed by atoms with van der Waals surface area (Å²) in [5.41, 5.74) is 0.852. The van der Waals surface area contributed by atoms with Crippen molar-refractivity contribution >= 4 is 29.1 Å². The minimum atomic E-state index is 0.0313. The number of rotatable bonds is 4. The minimum absolute atomic E-state index is 0.0313. The summed E-state index contributed by atoms with van der Waals surface area (Å²) in [6, 6.07) is 7.36. The summed E-state index contributed by atoms with van der Waals surface area (Å²) >= 11 is 11.5. The Morgan fingerprint density at radius 2 is 2.07 bits per heavy atom. The molecular weight excluding hydrogens is 233 g/mol. The van der Waals surface area contributed by atoms with Crippen LogP contribution in [0, 0.1) is 0 Å². The molecule has 0 N–H and O–H groups in total. The summed E-state index contributed by atoms with van der Waals surface area (Å²) in [5.74, 6) is 0.480. The molecule has 0 aliphatic carbocycles. The zero-order chi connectivity index (χ0) is 11.3. The van der Waals surface area contributed by atoms with Crippen LogP contribution < -0.4 is 0 Å². The molecule has 0 aliphatic rings. The van der Waals surface area contributed by atoms with Crippen molar-refractivity contribution in [3.05, 3.63) is 34.9 Å². The quantitative estimate of drug-likeness (QED) is 0.748. The van der Waals surface area contributed by atoms with Crippen molar-refractivity contribution in [2.45, 2.75) is 6.42 Å². The van der Waals surface area contributed by atoms with Crippen LogP contribution in [0.15, 0.2) is 24.3 Å². The number of hydrogen-bond donors (Lipinski definition) is 0. The smallest absolute Gasteiger partial charge is 0.226 e. The van der Waals surface area contributed by atoms with Gasteiger partial charge in [0.2, 0.25) is 5.91 Å². The minimum Gasteiger partial charge on any atom is -0.344 e. The Hall–Kier alpha value is -0.730. The molecule has 1 amide bonds. The van der Waals surface area contributed by atoms with Crippen molar-refractivity contribution in [3.8, 4) is 0 Å². The van der Waals surface area contributed by atoms with E-state index in [-0.39, 0.29) is 5.91 Å². The Labute approximate surface area is 99.8 Å². The molecule has 0 radical (unpaired) electrons. The molecule has 0 saturated carbocycles. The summed E-state index contributed by atoms with van der Waals surface area (Å²) in [7, 11) is 1.74. The van der Waals surface area contributed by atoms with Gasteiger partial charge in [-0.3, -0.25) is 4.79 Å². The first kappa shape index (κ1) is 12.3. The third-order valence-corrected chi connectivity index (χ3v) is 2.68. The molecule has 0 aromatic heterocycles. The van der Waals surface area contributed by atoms with Crippen LogP contribution in [0.1, 0.15) is 5.56 Å². The van der Waals surface area contributed by atoms with Crippen molar-refractivity contribution in [2.75, 3.05) is 19.5 Å². The van der Waals surface area contributed by atoms with Gasteiger partial charge in [0.1, 0.15) is 0 Å². The highest BCUT2D eigenvalue weighted by Crippen LogP contribution is 2.15.